The van der Waals surface area contributed by atoms with Crippen LogP contribution in [0, 0.1) is 0 Å². The van der Waals surface area contributed by atoms with Crippen molar-refractivity contribution in [2.75, 3.05) is 0 Å². The fourth-order valence-electron chi connectivity index (χ4n) is 7.27. The zero-order chi connectivity index (χ0) is 28.3. The van der Waals surface area contributed by atoms with Gasteiger partial charge in [-0.1, -0.05) is 133 Å². The van der Waals surface area contributed by atoms with Gasteiger partial charge in [0.15, 0.2) is 0 Å². The zero-order valence-corrected chi connectivity index (χ0v) is 24.5. The van der Waals surface area contributed by atoms with Gasteiger partial charge in [0, 0.05) is 20.2 Å². The number of benzene rings is 7. The van der Waals surface area contributed by atoms with Crippen LogP contribution in [0.5, 0.6) is 0 Å². The molecule has 0 N–H and O–H groups in total. The zero-order valence-electron chi connectivity index (χ0n) is 23.7. The molecule has 1 aromatic heterocycles. The molecule has 0 bridgehead atoms. The molecule has 0 nitrogen and oxygen atoms in total. The Bertz CT molecular complexity index is 2390. The van der Waals surface area contributed by atoms with Crippen LogP contribution in [0.3, 0.4) is 0 Å². The van der Waals surface area contributed by atoms with Gasteiger partial charge >= 0.3 is 0 Å². The third kappa shape index (κ3) is 3.82. The second kappa shape index (κ2) is 9.80. The van der Waals surface area contributed by atoms with Gasteiger partial charge in [-0.2, -0.15) is 0 Å². The molecule has 0 unspecified atom stereocenters. The quantitative estimate of drug-likeness (QED) is 0.200. The molecule has 0 fully saturated rings. The van der Waals surface area contributed by atoms with Crippen LogP contribution in [0.15, 0.2) is 140 Å². The number of thiophene rings is 1. The molecule has 9 rings (SSSR count). The van der Waals surface area contributed by atoms with Crippen molar-refractivity contribution in [3.05, 3.63) is 151 Å². The lowest BCUT2D eigenvalue weighted by atomic mass is 9.79. The first-order valence-electron chi connectivity index (χ1n) is 15.1. The molecule has 8 aromatic rings. The molecule has 1 aliphatic carbocycles. The number of allylic oxidation sites excluding steroid dienone is 1. The van der Waals surface area contributed by atoms with Gasteiger partial charge in [-0.05, 0) is 91.0 Å². The van der Waals surface area contributed by atoms with Crippen molar-refractivity contribution in [3.8, 4) is 33.4 Å². The van der Waals surface area contributed by atoms with Crippen LogP contribution in [0.4, 0.5) is 0 Å². The average Bonchev–Trinajstić information content (AvgIpc) is 3.45. The van der Waals surface area contributed by atoms with Gasteiger partial charge in [0.1, 0.15) is 0 Å². The van der Waals surface area contributed by atoms with Crippen molar-refractivity contribution in [2.24, 2.45) is 0 Å². The molecule has 1 heteroatoms. The van der Waals surface area contributed by atoms with E-state index in [-0.39, 0.29) is 0 Å². The van der Waals surface area contributed by atoms with Crippen LogP contribution >= 0.6 is 11.3 Å². The van der Waals surface area contributed by atoms with Crippen molar-refractivity contribution in [1.82, 2.24) is 0 Å². The Labute approximate surface area is 255 Å². The molecule has 0 radical (unpaired) electrons. The van der Waals surface area contributed by atoms with Crippen LogP contribution in [0.25, 0.3) is 81.2 Å². The normalized spacial score (nSPS) is 12.8. The molecule has 0 aliphatic heterocycles. The standard InChI is InChI=1S/C42H28S/c1-2-12-27(13-3-1)29-24-25-38(31-15-5-4-14-30(29)31)42-36-19-8-6-17-34(36)41(35-18-7-9-20-37(35)42)28-22-23-33-32-16-10-11-21-39(32)43-40(33)26-28/h1-6,8-17,19-26H,7,18H2. The maximum absolute atomic E-state index is 2.43. The highest BCUT2D eigenvalue weighted by Crippen LogP contribution is 2.48. The highest BCUT2D eigenvalue weighted by molar-refractivity contribution is 7.25. The molecule has 0 saturated heterocycles. The van der Waals surface area contributed by atoms with E-state index in [0.717, 1.165) is 12.8 Å². The Morgan fingerprint density at radius 1 is 0.442 bits per heavy atom. The van der Waals surface area contributed by atoms with Crippen molar-refractivity contribution in [2.45, 2.75) is 12.8 Å². The summed E-state index contributed by atoms with van der Waals surface area (Å²) in [7, 11) is 0. The fourth-order valence-corrected chi connectivity index (χ4v) is 8.42. The Kier molecular flexibility index (Phi) is 5.61. The van der Waals surface area contributed by atoms with E-state index >= 15 is 0 Å². The smallest absolute Gasteiger partial charge is 0.0361 e. The second-order valence-electron chi connectivity index (χ2n) is 11.5. The minimum Gasteiger partial charge on any atom is -0.135 e. The van der Waals surface area contributed by atoms with Gasteiger partial charge in [0.05, 0.1) is 0 Å². The highest BCUT2D eigenvalue weighted by Gasteiger charge is 2.23. The average molecular weight is 565 g/mol. The number of fused-ring (bicyclic) bond motifs is 6. The van der Waals surface area contributed by atoms with E-state index in [1.54, 1.807) is 0 Å². The first-order chi connectivity index (χ1) is 21.3. The van der Waals surface area contributed by atoms with E-state index in [1.807, 2.05) is 11.3 Å². The van der Waals surface area contributed by atoms with E-state index in [4.69, 9.17) is 0 Å². The number of rotatable bonds is 3. The third-order valence-electron chi connectivity index (χ3n) is 9.15. The van der Waals surface area contributed by atoms with Gasteiger partial charge in [-0.15, -0.1) is 11.3 Å². The summed E-state index contributed by atoms with van der Waals surface area (Å²) in [4.78, 5) is 0. The second-order valence-corrected chi connectivity index (χ2v) is 12.6. The van der Waals surface area contributed by atoms with Crippen molar-refractivity contribution in [3.63, 3.8) is 0 Å². The molecule has 1 heterocycles. The van der Waals surface area contributed by atoms with Crippen molar-refractivity contribution < 1.29 is 0 Å². The lowest BCUT2D eigenvalue weighted by Gasteiger charge is -2.24. The van der Waals surface area contributed by atoms with Crippen LogP contribution in [-0.4, -0.2) is 0 Å². The number of hydrogen-bond donors (Lipinski definition) is 0. The van der Waals surface area contributed by atoms with E-state index < -0.39 is 0 Å². The van der Waals surface area contributed by atoms with E-state index in [0.29, 0.717) is 0 Å². The van der Waals surface area contributed by atoms with E-state index in [1.165, 1.54) is 86.2 Å². The molecule has 202 valence electrons. The van der Waals surface area contributed by atoms with E-state index in [2.05, 4.69) is 146 Å². The summed E-state index contributed by atoms with van der Waals surface area (Å²) in [5, 5.41) is 7.95. The van der Waals surface area contributed by atoms with Gasteiger partial charge < -0.3 is 0 Å². The first kappa shape index (κ1) is 24.6. The van der Waals surface area contributed by atoms with Crippen LogP contribution in [0.1, 0.15) is 17.5 Å². The van der Waals surface area contributed by atoms with Gasteiger partial charge in [0.25, 0.3) is 0 Å². The van der Waals surface area contributed by atoms with Crippen molar-refractivity contribution in [1.29, 1.82) is 0 Å². The Hall–Kier alpha value is -4.98. The third-order valence-corrected chi connectivity index (χ3v) is 10.3. The summed E-state index contributed by atoms with van der Waals surface area (Å²) in [6.07, 6.45) is 6.86. The van der Waals surface area contributed by atoms with Gasteiger partial charge in [-0.25, -0.2) is 0 Å². The monoisotopic (exact) mass is 564 g/mol. The number of hydrogen-bond acceptors (Lipinski definition) is 1. The van der Waals surface area contributed by atoms with Crippen LogP contribution in [-0.2, 0) is 6.42 Å². The first-order valence-corrected chi connectivity index (χ1v) is 15.9. The van der Waals surface area contributed by atoms with Gasteiger partial charge in [0.2, 0.25) is 0 Å². The van der Waals surface area contributed by atoms with Crippen LogP contribution < -0.4 is 0 Å². The van der Waals surface area contributed by atoms with E-state index in [9.17, 15) is 0 Å². The molecule has 0 amide bonds. The molecular weight excluding hydrogens is 537 g/mol. The summed E-state index contributed by atoms with van der Waals surface area (Å²) in [5.74, 6) is 0. The Morgan fingerprint density at radius 3 is 1.88 bits per heavy atom. The molecule has 0 atom stereocenters. The lowest BCUT2D eigenvalue weighted by Crippen LogP contribution is -2.03. The maximum Gasteiger partial charge on any atom is 0.0361 e. The van der Waals surface area contributed by atoms with Crippen molar-refractivity contribution >= 4 is 59.1 Å². The predicted molar refractivity (Wildman–Crippen MR) is 188 cm³/mol. The SMILES string of the molecule is C1=Cc2c(c(-c3ccc4c(c3)sc3ccccc34)c3ccccc3c2-c2ccc(-c3ccccc3)c3ccccc23)CC1. The predicted octanol–water partition coefficient (Wildman–Crippen LogP) is 12.3. The maximum atomic E-state index is 2.43. The summed E-state index contributed by atoms with van der Waals surface area (Å²) < 4.78 is 2.71. The highest BCUT2D eigenvalue weighted by atomic mass is 32.1. The summed E-state index contributed by atoms with van der Waals surface area (Å²) in [5.41, 5.74) is 10.7. The molecule has 0 saturated carbocycles. The Balaban J connectivity index is 1.34. The minimum atomic E-state index is 1.05. The lowest BCUT2D eigenvalue weighted by molar-refractivity contribution is 0.991. The largest absolute Gasteiger partial charge is 0.135 e. The molecule has 0 spiro atoms. The van der Waals surface area contributed by atoms with Crippen LogP contribution in [0.2, 0.25) is 0 Å². The minimum absolute atomic E-state index is 1.05. The molecule has 7 aromatic carbocycles. The topological polar surface area (TPSA) is 0 Å². The summed E-state index contributed by atoms with van der Waals surface area (Å²) in [6.45, 7) is 0. The fraction of sp³-hybridized carbons (Fsp3) is 0.0476. The summed E-state index contributed by atoms with van der Waals surface area (Å²) >= 11 is 1.90. The molecule has 43 heavy (non-hydrogen) atoms. The Morgan fingerprint density at radius 2 is 1.07 bits per heavy atom. The molecule has 1 aliphatic rings. The van der Waals surface area contributed by atoms with Gasteiger partial charge in [-0.3, -0.25) is 0 Å². The summed E-state index contributed by atoms with van der Waals surface area (Å²) in [6, 6.07) is 49.3. The molecular formula is C42H28S.